The summed E-state index contributed by atoms with van der Waals surface area (Å²) in [6.45, 7) is 0. The summed E-state index contributed by atoms with van der Waals surface area (Å²) in [6, 6.07) is 23.3. The number of ether oxygens (including phenoxy) is 1. The summed E-state index contributed by atoms with van der Waals surface area (Å²) in [5.74, 6) is -0.113. The van der Waals surface area contributed by atoms with Crippen LogP contribution < -0.4 is 4.90 Å². The van der Waals surface area contributed by atoms with Gasteiger partial charge in [0, 0.05) is 10.6 Å². The summed E-state index contributed by atoms with van der Waals surface area (Å²) in [4.78, 5) is 31.0. The maximum atomic E-state index is 13.2. The summed E-state index contributed by atoms with van der Waals surface area (Å²) >= 11 is 6.01. The molecular weight excluding hydrogens is 400 g/mol. The second-order valence-corrected chi connectivity index (χ2v) is 7.00. The summed E-state index contributed by atoms with van der Waals surface area (Å²) < 4.78 is 4.71. The van der Waals surface area contributed by atoms with E-state index in [1.54, 1.807) is 59.5 Å². The SMILES string of the molecule is COC(=O)c1ccc(/C=C2/N=C(c3ccccc3)N(c3ccc(Cl)cc3)C2=O)cc1. The van der Waals surface area contributed by atoms with Crippen LogP contribution in [0.4, 0.5) is 5.69 Å². The second-order valence-electron chi connectivity index (χ2n) is 6.56. The molecule has 1 amide bonds. The Hall–Kier alpha value is -3.70. The number of amidine groups is 1. The van der Waals surface area contributed by atoms with Gasteiger partial charge in [0.1, 0.15) is 11.5 Å². The third-order valence-corrected chi connectivity index (χ3v) is 4.86. The Morgan fingerprint density at radius 2 is 1.63 bits per heavy atom. The number of methoxy groups -OCH3 is 1. The van der Waals surface area contributed by atoms with Crippen LogP contribution in [0, 0.1) is 0 Å². The standard InChI is InChI=1S/C24H17ClN2O3/c1-30-24(29)18-9-7-16(8-10-18)15-21-23(28)27(20-13-11-19(25)12-14-20)22(26-21)17-5-3-2-4-6-17/h2-15H,1H3/b21-15+. The van der Waals surface area contributed by atoms with Crippen LogP contribution in [-0.4, -0.2) is 24.8 Å². The van der Waals surface area contributed by atoms with Crippen LogP contribution in [0.5, 0.6) is 0 Å². The number of halogens is 1. The topological polar surface area (TPSA) is 59.0 Å². The molecule has 0 saturated heterocycles. The highest BCUT2D eigenvalue weighted by Crippen LogP contribution is 2.28. The van der Waals surface area contributed by atoms with Crippen LogP contribution in [0.1, 0.15) is 21.5 Å². The number of benzene rings is 3. The Kier molecular flexibility index (Phi) is 5.46. The molecule has 6 heteroatoms. The molecule has 0 spiro atoms. The van der Waals surface area contributed by atoms with E-state index in [0.717, 1.165) is 11.1 Å². The number of nitrogens with zero attached hydrogens (tertiary/aromatic N) is 2. The Morgan fingerprint density at radius 1 is 0.967 bits per heavy atom. The number of esters is 1. The summed E-state index contributed by atoms with van der Waals surface area (Å²) in [7, 11) is 1.33. The molecule has 0 unspecified atom stereocenters. The molecule has 0 saturated carbocycles. The highest BCUT2D eigenvalue weighted by Gasteiger charge is 2.32. The quantitative estimate of drug-likeness (QED) is 0.446. The monoisotopic (exact) mass is 416 g/mol. The molecule has 3 aromatic rings. The number of anilines is 1. The summed E-state index contributed by atoms with van der Waals surface area (Å²) in [5, 5.41) is 0.588. The Morgan fingerprint density at radius 3 is 2.27 bits per heavy atom. The molecule has 1 heterocycles. The Labute approximate surface area is 178 Å². The van der Waals surface area contributed by atoms with Crippen molar-refractivity contribution in [1.29, 1.82) is 0 Å². The number of rotatable bonds is 4. The number of hydrogen-bond donors (Lipinski definition) is 0. The van der Waals surface area contributed by atoms with Gasteiger partial charge in [-0.05, 0) is 48.0 Å². The molecule has 4 rings (SSSR count). The molecule has 0 N–H and O–H groups in total. The largest absolute Gasteiger partial charge is 0.465 e. The first kappa shape index (κ1) is 19.6. The van der Waals surface area contributed by atoms with Crippen LogP contribution in [-0.2, 0) is 9.53 Å². The van der Waals surface area contributed by atoms with E-state index in [4.69, 9.17) is 16.3 Å². The predicted octanol–water partition coefficient (Wildman–Crippen LogP) is 4.96. The first-order valence-corrected chi connectivity index (χ1v) is 9.59. The average Bonchev–Trinajstić information content (AvgIpc) is 3.11. The fraction of sp³-hybridized carbons (Fsp3) is 0.0417. The third-order valence-electron chi connectivity index (χ3n) is 4.61. The van der Waals surface area contributed by atoms with Gasteiger partial charge in [-0.1, -0.05) is 54.1 Å². The molecule has 3 aromatic carbocycles. The fourth-order valence-corrected chi connectivity index (χ4v) is 3.24. The van der Waals surface area contributed by atoms with Crippen LogP contribution in [0.3, 0.4) is 0 Å². The van der Waals surface area contributed by atoms with Crippen molar-refractivity contribution in [1.82, 2.24) is 0 Å². The van der Waals surface area contributed by atoms with Crippen molar-refractivity contribution in [2.24, 2.45) is 4.99 Å². The number of amides is 1. The third kappa shape index (κ3) is 3.88. The molecule has 0 fully saturated rings. The first-order valence-electron chi connectivity index (χ1n) is 9.21. The van der Waals surface area contributed by atoms with Crippen molar-refractivity contribution in [3.05, 3.63) is 106 Å². The minimum Gasteiger partial charge on any atom is -0.465 e. The van der Waals surface area contributed by atoms with E-state index in [2.05, 4.69) is 4.99 Å². The molecule has 0 radical (unpaired) electrons. The van der Waals surface area contributed by atoms with E-state index in [0.29, 0.717) is 27.8 Å². The first-order chi connectivity index (χ1) is 14.6. The molecule has 0 aromatic heterocycles. The molecule has 0 atom stereocenters. The minimum absolute atomic E-state index is 0.242. The fourth-order valence-electron chi connectivity index (χ4n) is 3.12. The van der Waals surface area contributed by atoms with Crippen LogP contribution >= 0.6 is 11.6 Å². The molecular formula is C24H17ClN2O3. The molecule has 0 bridgehead atoms. The number of aliphatic imine (C=N–C) groups is 1. The lowest BCUT2D eigenvalue weighted by atomic mass is 10.1. The summed E-state index contributed by atoms with van der Waals surface area (Å²) in [5.41, 5.74) is 2.99. The number of carbonyl (C=O) groups is 2. The van der Waals surface area contributed by atoms with E-state index in [1.807, 2.05) is 30.3 Å². The number of hydrogen-bond acceptors (Lipinski definition) is 4. The minimum atomic E-state index is -0.413. The molecule has 5 nitrogen and oxygen atoms in total. The highest BCUT2D eigenvalue weighted by molar-refractivity contribution is 6.33. The van der Waals surface area contributed by atoms with E-state index >= 15 is 0 Å². The Bertz CT molecular complexity index is 1150. The average molecular weight is 417 g/mol. The van der Waals surface area contributed by atoms with E-state index in [1.165, 1.54) is 7.11 Å². The van der Waals surface area contributed by atoms with Gasteiger partial charge in [0.25, 0.3) is 5.91 Å². The second kappa shape index (κ2) is 8.35. The maximum Gasteiger partial charge on any atom is 0.337 e. The molecule has 1 aliphatic heterocycles. The molecule has 0 aliphatic carbocycles. The van der Waals surface area contributed by atoms with Crippen molar-refractivity contribution in [3.63, 3.8) is 0 Å². The predicted molar refractivity (Wildman–Crippen MR) is 118 cm³/mol. The van der Waals surface area contributed by atoms with Gasteiger partial charge in [0.15, 0.2) is 0 Å². The zero-order valence-corrected chi connectivity index (χ0v) is 16.8. The van der Waals surface area contributed by atoms with Crippen LogP contribution in [0.15, 0.2) is 89.6 Å². The van der Waals surface area contributed by atoms with Gasteiger partial charge in [-0.25, -0.2) is 9.79 Å². The normalized spacial score (nSPS) is 14.7. The van der Waals surface area contributed by atoms with Crippen molar-refractivity contribution >= 4 is 41.1 Å². The highest BCUT2D eigenvalue weighted by atomic mass is 35.5. The molecule has 1 aliphatic rings. The van der Waals surface area contributed by atoms with Gasteiger partial charge in [0.05, 0.1) is 18.4 Å². The van der Waals surface area contributed by atoms with Crippen LogP contribution in [0.2, 0.25) is 5.02 Å². The van der Waals surface area contributed by atoms with Gasteiger partial charge in [-0.3, -0.25) is 9.69 Å². The maximum absolute atomic E-state index is 13.2. The van der Waals surface area contributed by atoms with Crippen LogP contribution in [0.25, 0.3) is 6.08 Å². The van der Waals surface area contributed by atoms with Gasteiger partial charge in [-0.15, -0.1) is 0 Å². The van der Waals surface area contributed by atoms with Gasteiger partial charge < -0.3 is 4.74 Å². The van der Waals surface area contributed by atoms with Crippen molar-refractivity contribution in [3.8, 4) is 0 Å². The summed E-state index contributed by atoms with van der Waals surface area (Å²) in [6.07, 6.45) is 1.70. The van der Waals surface area contributed by atoms with Gasteiger partial charge in [-0.2, -0.15) is 0 Å². The Balaban J connectivity index is 1.74. The van der Waals surface area contributed by atoms with E-state index in [-0.39, 0.29) is 5.91 Å². The van der Waals surface area contributed by atoms with Crippen molar-refractivity contribution < 1.29 is 14.3 Å². The van der Waals surface area contributed by atoms with E-state index < -0.39 is 5.97 Å². The smallest absolute Gasteiger partial charge is 0.337 e. The van der Waals surface area contributed by atoms with Gasteiger partial charge in [0.2, 0.25) is 0 Å². The van der Waals surface area contributed by atoms with Crippen molar-refractivity contribution in [2.45, 2.75) is 0 Å². The van der Waals surface area contributed by atoms with Gasteiger partial charge >= 0.3 is 5.97 Å². The lowest BCUT2D eigenvalue weighted by Gasteiger charge is -2.18. The molecule has 30 heavy (non-hydrogen) atoms. The zero-order valence-electron chi connectivity index (χ0n) is 16.1. The molecule has 148 valence electrons. The van der Waals surface area contributed by atoms with Crippen molar-refractivity contribution in [2.75, 3.05) is 12.0 Å². The lowest BCUT2D eigenvalue weighted by Crippen LogP contribution is -2.32. The zero-order chi connectivity index (χ0) is 21.1. The van der Waals surface area contributed by atoms with E-state index in [9.17, 15) is 9.59 Å². The number of carbonyl (C=O) groups excluding carboxylic acids is 2. The lowest BCUT2D eigenvalue weighted by molar-refractivity contribution is -0.113.